The van der Waals surface area contributed by atoms with Gasteiger partial charge in [0.15, 0.2) is 11.6 Å². The Morgan fingerprint density at radius 2 is 0.700 bits per heavy atom. The number of ketones is 4. The first-order chi connectivity index (χ1) is 37.9. The number of rotatable bonds is 25. The van der Waals surface area contributed by atoms with Gasteiger partial charge in [-0.25, -0.2) is 19.2 Å². The smallest absolute Gasteiger partial charge is 0.328 e. The summed E-state index contributed by atoms with van der Waals surface area (Å²) in [5, 5.41) is 10.3. The maximum Gasteiger partial charge on any atom is 0.328 e. The topological polar surface area (TPSA) is 316 Å². The summed E-state index contributed by atoms with van der Waals surface area (Å²) < 4.78 is 23.1. The second-order valence-corrected chi connectivity index (χ2v) is 16.7. The van der Waals surface area contributed by atoms with Crippen molar-refractivity contribution in [1.82, 2.24) is 21.3 Å². The van der Waals surface area contributed by atoms with Gasteiger partial charge in [0, 0.05) is 44.4 Å². The van der Waals surface area contributed by atoms with E-state index in [-0.39, 0.29) is 37.7 Å². The molecule has 0 radical (unpaired) electrons. The van der Waals surface area contributed by atoms with Crippen molar-refractivity contribution in [3.05, 3.63) is 156 Å². The summed E-state index contributed by atoms with van der Waals surface area (Å²) in [5.74, 6) is -6.52. The van der Waals surface area contributed by atoms with Crippen molar-refractivity contribution in [2.24, 2.45) is 0 Å². The van der Waals surface area contributed by atoms with Crippen LogP contribution in [0.15, 0.2) is 139 Å². The number of allylic oxidation sites excluding steroid dienone is 3. The largest absolute Gasteiger partial charge is 0.467 e. The minimum Gasteiger partial charge on any atom is -0.467 e. The van der Waals surface area contributed by atoms with Gasteiger partial charge in [-0.05, 0) is 94.2 Å². The quantitative estimate of drug-likeness (QED) is 0.0296. The molecule has 0 aliphatic carbocycles. The monoisotopic (exact) mass is 1110 g/mol. The van der Waals surface area contributed by atoms with E-state index in [9.17, 15) is 62.3 Å². The van der Waals surface area contributed by atoms with Gasteiger partial charge >= 0.3 is 29.8 Å². The van der Waals surface area contributed by atoms with Crippen LogP contribution in [0.1, 0.15) is 98.3 Å². The van der Waals surface area contributed by atoms with Crippen LogP contribution < -0.4 is 21.3 Å². The fraction of sp³-hybridized carbons (Fsp3) is 0.328. The fourth-order valence-corrected chi connectivity index (χ4v) is 5.85. The van der Waals surface area contributed by atoms with E-state index in [1.807, 2.05) is 26.0 Å². The highest BCUT2D eigenvalue weighted by molar-refractivity contribution is 6.41. The normalized spacial score (nSPS) is 11.7. The molecule has 4 N–H and O–H groups in total. The van der Waals surface area contributed by atoms with Crippen molar-refractivity contribution in [2.45, 2.75) is 91.4 Å². The van der Waals surface area contributed by atoms with E-state index in [1.165, 1.54) is 61.4 Å². The van der Waals surface area contributed by atoms with Gasteiger partial charge in [-0.3, -0.25) is 43.2 Å². The minimum atomic E-state index is -0.936. The van der Waals surface area contributed by atoms with Gasteiger partial charge in [-0.2, -0.15) is 0 Å². The second-order valence-electron chi connectivity index (χ2n) is 16.7. The van der Waals surface area contributed by atoms with Crippen LogP contribution in [0.3, 0.4) is 0 Å². The van der Waals surface area contributed by atoms with Gasteiger partial charge < -0.3 is 45.0 Å². The van der Waals surface area contributed by atoms with Crippen LogP contribution >= 0.6 is 0 Å². The average molecular weight is 1110 g/mol. The Morgan fingerprint density at radius 3 is 0.988 bits per heavy atom. The van der Waals surface area contributed by atoms with Crippen LogP contribution in [0.4, 0.5) is 0 Å². The number of amides is 4. The Labute approximate surface area is 464 Å². The molecular weight excluding hydrogens is 1040 g/mol. The Balaban J connectivity index is 0.00000108. The van der Waals surface area contributed by atoms with Gasteiger partial charge in [-0.15, -0.1) is 0 Å². The van der Waals surface area contributed by atoms with Crippen molar-refractivity contribution < 1.29 is 86.0 Å². The molecule has 0 aliphatic rings. The average Bonchev–Trinajstić information content (AvgIpc) is 3.45. The molecule has 0 unspecified atom stereocenters. The van der Waals surface area contributed by atoms with E-state index in [1.54, 1.807) is 97.1 Å². The van der Waals surface area contributed by atoms with Gasteiger partial charge in [-0.1, -0.05) is 84.5 Å². The molecule has 430 valence electrons. The summed E-state index contributed by atoms with van der Waals surface area (Å²) in [4.78, 5) is 147. The molecule has 3 aromatic rings. The van der Waals surface area contributed by atoms with Crippen molar-refractivity contribution >= 4 is 76.6 Å². The predicted molar refractivity (Wildman–Crippen MR) is 292 cm³/mol. The molecular formula is C58H70N4O18. The highest BCUT2D eigenvalue weighted by atomic mass is 16.5. The van der Waals surface area contributed by atoms with Crippen LogP contribution in [-0.4, -0.2) is 136 Å². The van der Waals surface area contributed by atoms with Crippen molar-refractivity contribution in [3.8, 4) is 0 Å². The Hall–Kier alpha value is -9.47. The molecule has 22 nitrogen and oxygen atoms in total. The van der Waals surface area contributed by atoms with Crippen molar-refractivity contribution in [3.63, 3.8) is 0 Å². The maximum atomic E-state index is 12.2. The maximum absolute atomic E-state index is 12.2. The number of carbonyl (C=O) groups is 13. The number of hydrogen-bond acceptors (Lipinski definition) is 18. The van der Waals surface area contributed by atoms with E-state index in [0.717, 1.165) is 24.6 Å². The third-order valence-electron chi connectivity index (χ3n) is 10.0. The molecule has 3 rings (SSSR count). The Morgan fingerprint density at radius 1 is 0.400 bits per heavy atom. The van der Waals surface area contributed by atoms with Crippen LogP contribution in [0.25, 0.3) is 0 Å². The van der Waals surface area contributed by atoms with E-state index < -0.39 is 89.0 Å². The molecule has 3 aromatic carbocycles. The first kappa shape index (κ1) is 70.5. The summed E-state index contributed by atoms with van der Waals surface area (Å²) in [6, 6.07) is 22.4. The van der Waals surface area contributed by atoms with E-state index in [4.69, 9.17) is 9.47 Å². The predicted octanol–water partition coefficient (Wildman–Crippen LogP) is 4.61. The molecule has 4 amide bonds. The summed E-state index contributed by atoms with van der Waals surface area (Å²) in [5.41, 5.74) is 2.43. The summed E-state index contributed by atoms with van der Waals surface area (Å²) in [7, 11) is 4.98. The highest BCUT2D eigenvalue weighted by Gasteiger charge is 2.24. The molecule has 4 atom stereocenters. The van der Waals surface area contributed by atoms with Crippen LogP contribution in [0.2, 0.25) is 0 Å². The Kier molecular flexibility index (Phi) is 35.9. The Bertz CT molecular complexity index is 2680. The number of Topliss-reactive ketones (excluding diaryl/α,β-unsaturated/α-hetero) is 2. The summed E-state index contributed by atoms with van der Waals surface area (Å²) >= 11 is 0. The first-order valence-electron chi connectivity index (χ1n) is 24.4. The fourth-order valence-electron chi connectivity index (χ4n) is 5.85. The van der Waals surface area contributed by atoms with Crippen molar-refractivity contribution in [1.29, 1.82) is 0 Å². The van der Waals surface area contributed by atoms with Gasteiger partial charge in [0.2, 0.25) is 17.5 Å². The molecule has 0 fully saturated rings. The number of carbonyl (C=O) groups excluding carboxylic acids is 13. The third kappa shape index (κ3) is 31.5. The molecule has 0 saturated heterocycles. The number of methoxy groups -OCH3 is 4. The van der Waals surface area contributed by atoms with Crippen LogP contribution in [0.5, 0.6) is 0 Å². The highest BCUT2D eigenvalue weighted by Crippen LogP contribution is 2.08. The zero-order chi connectivity index (χ0) is 60.6. The summed E-state index contributed by atoms with van der Waals surface area (Å²) in [6.07, 6.45) is 10.8. The molecule has 80 heavy (non-hydrogen) atoms. The number of benzene rings is 3. The number of esters is 5. The zero-order valence-corrected chi connectivity index (χ0v) is 46.4. The lowest BCUT2D eigenvalue weighted by molar-refractivity contribution is -0.145. The lowest BCUT2D eigenvalue weighted by Crippen LogP contribution is -2.41. The molecule has 0 heterocycles. The standard InChI is InChI=1S/C19H24N2O6.C16H17NO5.C15H19NO3.C8H10O4/c1-13(22)20-15(18(24)26-2)11-7-8-12-16(19(25)27-3)21-17(23)14-9-5-4-6-10-14;1-11(18)14(19)10-6-9-13(16(21)22-2)17-15(20)12-7-4-3-5-8-12;1-11(2)9-10-13(15(18)19-3)16-14(17)12-7-5-4-6-8-12;1-6(9)8(11)4-3-5-12-7(2)10/h4-10,15-16H,11-12H2,1-3H3,(H,20,22)(H,21,23);3-8,10,13H,9H2,1-2H3,(H,17,20);4-9,13H,10H2,1-3H3,(H,16,17);3-4H,5H2,1-2H3/b;;;4-3-/t15-,16-;2*13-;/m000./s1. The lowest BCUT2D eigenvalue weighted by Gasteiger charge is -2.15. The molecule has 22 heteroatoms. The third-order valence-corrected chi connectivity index (χ3v) is 10.0. The first-order valence-corrected chi connectivity index (χ1v) is 24.4. The zero-order valence-electron chi connectivity index (χ0n) is 46.4. The minimum absolute atomic E-state index is 0.0222. The number of nitrogens with one attached hydrogen (secondary N) is 4. The van der Waals surface area contributed by atoms with Crippen LogP contribution in [0, 0.1) is 0 Å². The SMILES string of the molecule is CC(=O)OC/C=C\C(=O)C(C)=O.COC(=O)[C@H](CC=C(C)C)NC(=O)c1ccccc1.COC(=O)[C@H](CC=CC(=O)C(C)=O)NC(=O)c1ccccc1.COC(=O)[C@H](CC=CC[C@H](NC(=O)c1ccccc1)C(=O)OC)NC(C)=O. The molecule has 0 bridgehead atoms. The molecule has 0 saturated carbocycles. The van der Waals surface area contributed by atoms with E-state index >= 15 is 0 Å². The van der Waals surface area contributed by atoms with E-state index in [2.05, 4.69) is 35.5 Å². The summed E-state index contributed by atoms with van der Waals surface area (Å²) in [6.45, 7) is 8.79. The second kappa shape index (κ2) is 40.7. The van der Waals surface area contributed by atoms with Crippen molar-refractivity contribution in [2.75, 3.05) is 35.0 Å². The molecule has 0 spiro atoms. The molecule has 0 aliphatic heterocycles. The van der Waals surface area contributed by atoms with Gasteiger partial charge in [0.1, 0.15) is 30.8 Å². The molecule has 0 aromatic heterocycles. The van der Waals surface area contributed by atoms with Gasteiger partial charge in [0.05, 0.1) is 28.4 Å². The lowest BCUT2D eigenvalue weighted by atomic mass is 10.1. The number of hydrogen-bond donors (Lipinski definition) is 4. The van der Waals surface area contributed by atoms with Gasteiger partial charge in [0.25, 0.3) is 17.7 Å². The van der Waals surface area contributed by atoms with E-state index in [0.29, 0.717) is 23.1 Å². The van der Waals surface area contributed by atoms with Crippen LogP contribution in [-0.2, 0) is 71.6 Å². The number of ether oxygens (including phenoxy) is 5.